The minimum absolute atomic E-state index is 0.160. The first-order valence-corrected chi connectivity index (χ1v) is 8.81. The molecule has 0 spiro atoms. The topological polar surface area (TPSA) is 32.8 Å². The predicted molar refractivity (Wildman–Crippen MR) is 91.3 cm³/mol. The summed E-state index contributed by atoms with van der Waals surface area (Å²) < 4.78 is 5.04. The van der Waals surface area contributed by atoms with Crippen molar-refractivity contribution >= 4 is 5.91 Å². The van der Waals surface area contributed by atoms with E-state index in [1.54, 1.807) is 7.11 Å². The van der Waals surface area contributed by atoms with Crippen LogP contribution in [0.3, 0.4) is 0 Å². The molecule has 0 unspecified atom stereocenters. The van der Waals surface area contributed by atoms with Crippen LogP contribution in [0, 0.1) is 5.92 Å². The van der Waals surface area contributed by atoms with E-state index >= 15 is 0 Å². The molecule has 0 radical (unpaired) electrons. The molecule has 0 N–H and O–H groups in total. The first-order chi connectivity index (χ1) is 11.3. The number of fused-ring (bicyclic) bond motifs is 4. The van der Waals surface area contributed by atoms with Crippen molar-refractivity contribution in [2.24, 2.45) is 5.92 Å². The third kappa shape index (κ3) is 4.33. The van der Waals surface area contributed by atoms with E-state index in [9.17, 15) is 4.79 Å². The van der Waals surface area contributed by atoms with Crippen LogP contribution in [0.4, 0.5) is 0 Å². The van der Waals surface area contributed by atoms with Gasteiger partial charge in [0, 0.05) is 32.8 Å². The maximum absolute atomic E-state index is 12.2. The van der Waals surface area contributed by atoms with Gasteiger partial charge in [-0.2, -0.15) is 0 Å². The molecule has 3 saturated heterocycles. The largest absolute Gasteiger partial charge is 0.375 e. The Bertz CT molecular complexity index is 505. The number of ether oxygens (including phenoxy) is 1. The average Bonchev–Trinajstić information content (AvgIpc) is 2.87. The first kappa shape index (κ1) is 16.5. The van der Waals surface area contributed by atoms with Gasteiger partial charge in [0.2, 0.25) is 5.91 Å². The van der Waals surface area contributed by atoms with Gasteiger partial charge in [-0.15, -0.1) is 0 Å². The predicted octanol–water partition coefficient (Wildman–Crippen LogP) is 2.19. The minimum Gasteiger partial charge on any atom is -0.375 e. The number of aryl methyl sites for hydroxylation is 1. The van der Waals surface area contributed by atoms with E-state index < -0.39 is 0 Å². The minimum atomic E-state index is 0.160. The summed E-state index contributed by atoms with van der Waals surface area (Å²) in [5.74, 6) is 0.791. The van der Waals surface area contributed by atoms with E-state index in [0.717, 1.165) is 39.0 Å². The van der Waals surface area contributed by atoms with Crippen molar-refractivity contribution in [1.82, 2.24) is 9.80 Å². The van der Waals surface area contributed by atoms with E-state index in [1.807, 2.05) is 0 Å². The molecule has 1 amide bonds. The van der Waals surface area contributed by atoms with Crippen LogP contribution in [0.1, 0.15) is 24.8 Å². The Morgan fingerprint density at radius 1 is 1.17 bits per heavy atom. The number of rotatable bonds is 6. The molecule has 0 saturated carbocycles. The molecular formula is C19H28N2O2. The van der Waals surface area contributed by atoms with Crippen LogP contribution < -0.4 is 0 Å². The molecule has 3 heterocycles. The zero-order chi connectivity index (χ0) is 16.1. The Kier molecular flexibility index (Phi) is 5.68. The zero-order valence-electron chi connectivity index (χ0n) is 14.1. The third-order valence-electron chi connectivity index (χ3n) is 5.16. The van der Waals surface area contributed by atoms with E-state index in [-0.39, 0.29) is 12.5 Å². The summed E-state index contributed by atoms with van der Waals surface area (Å²) in [5, 5.41) is 0. The highest BCUT2D eigenvalue weighted by atomic mass is 16.5. The monoisotopic (exact) mass is 316 g/mol. The van der Waals surface area contributed by atoms with Crippen LogP contribution in [0.2, 0.25) is 0 Å². The number of nitrogens with zero attached hydrogens (tertiary/aromatic N) is 2. The molecule has 0 aliphatic carbocycles. The summed E-state index contributed by atoms with van der Waals surface area (Å²) in [6.45, 7) is 4.44. The lowest BCUT2D eigenvalue weighted by atomic mass is 9.95. The Hall–Kier alpha value is -1.39. The summed E-state index contributed by atoms with van der Waals surface area (Å²) in [5.41, 5.74) is 1.42. The van der Waals surface area contributed by atoms with E-state index in [4.69, 9.17) is 4.74 Å². The van der Waals surface area contributed by atoms with Crippen LogP contribution in [0.25, 0.3) is 0 Å². The van der Waals surface area contributed by atoms with Gasteiger partial charge >= 0.3 is 0 Å². The summed E-state index contributed by atoms with van der Waals surface area (Å²) >= 11 is 0. The van der Waals surface area contributed by atoms with Gasteiger partial charge in [0.1, 0.15) is 6.61 Å². The molecule has 4 heteroatoms. The fourth-order valence-electron chi connectivity index (χ4n) is 4.02. The molecule has 0 aromatic heterocycles. The van der Waals surface area contributed by atoms with Crippen molar-refractivity contribution in [3.8, 4) is 0 Å². The second-order valence-corrected chi connectivity index (χ2v) is 6.93. The van der Waals surface area contributed by atoms with Crippen molar-refractivity contribution in [3.05, 3.63) is 35.9 Å². The van der Waals surface area contributed by atoms with Crippen molar-refractivity contribution in [1.29, 1.82) is 0 Å². The second-order valence-electron chi connectivity index (χ2n) is 6.93. The van der Waals surface area contributed by atoms with Gasteiger partial charge in [0.15, 0.2) is 0 Å². The number of carbonyl (C=O) groups excluding carboxylic acids is 1. The highest BCUT2D eigenvalue weighted by Gasteiger charge is 2.36. The lowest BCUT2D eigenvalue weighted by Gasteiger charge is -2.36. The average molecular weight is 316 g/mol. The number of carbonyl (C=O) groups is 1. The highest BCUT2D eigenvalue weighted by Crippen LogP contribution is 2.28. The first-order valence-electron chi connectivity index (χ1n) is 8.81. The van der Waals surface area contributed by atoms with Crippen LogP contribution in [0.15, 0.2) is 30.3 Å². The van der Waals surface area contributed by atoms with E-state index in [1.165, 1.54) is 18.4 Å². The zero-order valence-corrected chi connectivity index (χ0v) is 14.1. The molecule has 2 bridgehead atoms. The standard InChI is InChI=1S/C19H28N2O2/c1-23-15-19(22)21-13-17-9-10-18(21)14-20(12-17)11-5-8-16-6-3-2-4-7-16/h2-4,6-7,17-18H,5,8-15H2,1H3/t17-,18+/m0/s1. The smallest absolute Gasteiger partial charge is 0.248 e. The second kappa shape index (κ2) is 7.93. The number of hydrogen-bond donors (Lipinski definition) is 0. The van der Waals surface area contributed by atoms with Crippen LogP contribution >= 0.6 is 0 Å². The maximum atomic E-state index is 12.2. The van der Waals surface area contributed by atoms with Gasteiger partial charge in [-0.25, -0.2) is 0 Å². The van der Waals surface area contributed by atoms with Crippen molar-refractivity contribution in [2.75, 3.05) is 39.9 Å². The molecule has 3 aliphatic heterocycles. The molecule has 126 valence electrons. The Morgan fingerprint density at radius 2 is 2.00 bits per heavy atom. The van der Waals surface area contributed by atoms with Crippen molar-refractivity contribution < 1.29 is 9.53 Å². The molecule has 1 aromatic rings. The summed E-state index contributed by atoms with van der Waals surface area (Å²) in [6.07, 6.45) is 4.74. The number of amides is 1. The van der Waals surface area contributed by atoms with E-state index in [0.29, 0.717) is 12.0 Å². The summed E-state index contributed by atoms with van der Waals surface area (Å²) in [6, 6.07) is 11.1. The van der Waals surface area contributed by atoms with Gasteiger partial charge in [0.05, 0.1) is 0 Å². The van der Waals surface area contributed by atoms with Crippen molar-refractivity contribution in [2.45, 2.75) is 31.7 Å². The van der Waals surface area contributed by atoms with Crippen LogP contribution in [0.5, 0.6) is 0 Å². The van der Waals surface area contributed by atoms with Gasteiger partial charge in [0.25, 0.3) is 0 Å². The van der Waals surface area contributed by atoms with E-state index in [2.05, 4.69) is 40.1 Å². The maximum Gasteiger partial charge on any atom is 0.248 e. The Morgan fingerprint density at radius 3 is 2.78 bits per heavy atom. The molecule has 23 heavy (non-hydrogen) atoms. The van der Waals surface area contributed by atoms with Gasteiger partial charge in [-0.3, -0.25) is 4.79 Å². The number of piperidine rings is 1. The lowest BCUT2D eigenvalue weighted by molar-refractivity contribution is -0.139. The van der Waals surface area contributed by atoms with Crippen LogP contribution in [-0.2, 0) is 16.0 Å². The van der Waals surface area contributed by atoms with Gasteiger partial charge in [-0.1, -0.05) is 30.3 Å². The molecule has 4 nitrogen and oxygen atoms in total. The normalized spacial score (nSPS) is 24.7. The summed E-state index contributed by atoms with van der Waals surface area (Å²) in [4.78, 5) is 16.9. The Balaban J connectivity index is 1.51. The fourth-order valence-corrected chi connectivity index (χ4v) is 4.02. The molecule has 3 fully saturated rings. The summed E-state index contributed by atoms with van der Waals surface area (Å²) in [7, 11) is 1.60. The SMILES string of the molecule is COCC(=O)N1C[C@H]2CC[C@@H]1CN(CCCc1ccccc1)C2. The number of benzene rings is 1. The van der Waals surface area contributed by atoms with Crippen LogP contribution in [-0.4, -0.2) is 61.6 Å². The van der Waals surface area contributed by atoms with Gasteiger partial charge < -0.3 is 14.5 Å². The third-order valence-corrected chi connectivity index (χ3v) is 5.16. The molecular weight excluding hydrogens is 288 g/mol. The lowest BCUT2D eigenvalue weighted by Crippen LogP contribution is -2.48. The Labute approximate surface area is 139 Å². The fraction of sp³-hybridized carbons (Fsp3) is 0.632. The quantitative estimate of drug-likeness (QED) is 0.806. The highest BCUT2D eigenvalue weighted by molar-refractivity contribution is 5.78. The molecule has 4 rings (SSSR count). The molecule has 3 aliphatic rings. The number of methoxy groups -OCH3 is 1. The molecule has 2 atom stereocenters. The van der Waals surface area contributed by atoms with Crippen molar-refractivity contribution in [3.63, 3.8) is 0 Å². The van der Waals surface area contributed by atoms with Gasteiger partial charge in [-0.05, 0) is 43.7 Å². The molecule has 1 aromatic carbocycles. The number of hydrogen-bond acceptors (Lipinski definition) is 3.